The van der Waals surface area contributed by atoms with Crippen LogP contribution < -0.4 is 0 Å². The van der Waals surface area contributed by atoms with Gasteiger partial charge < -0.3 is 0 Å². The standard InChI is InChI=1S/C14H18ClFO/c1-3-4-5-6-7-14(17)11-8-10(2)13(16)9-12(11)15/h8-9H,3-7H2,1-2H3. The Morgan fingerprint density at radius 2 is 2.00 bits per heavy atom. The third kappa shape index (κ3) is 4.12. The number of halogens is 2. The zero-order valence-electron chi connectivity index (χ0n) is 10.4. The maximum Gasteiger partial charge on any atom is 0.164 e. The van der Waals surface area contributed by atoms with Crippen LogP contribution in [0.15, 0.2) is 12.1 Å². The number of aryl methyl sites for hydroxylation is 1. The van der Waals surface area contributed by atoms with E-state index in [1.807, 2.05) is 0 Å². The number of rotatable bonds is 6. The van der Waals surface area contributed by atoms with Gasteiger partial charge in [-0.1, -0.05) is 37.8 Å². The van der Waals surface area contributed by atoms with Gasteiger partial charge in [-0.25, -0.2) is 4.39 Å². The summed E-state index contributed by atoms with van der Waals surface area (Å²) in [5.74, 6) is -0.355. The molecule has 1 nitrogen and oxygen atoms in total. The molecule has 17 heavy (non-hydrogen) atoms. The van der Waals surface area contributed by atoms with E-state index in [9.17, 15) is 9.18 Å². The number of Topliss-reactive ketones (excluding diaryl/α,β-unsaturated/α-hetero) is 1. The molecule has 0 radical (unpaired) electrons. The average Bonchev–Trinajstić information content (AvgIpc) is 2.29. The van der Waals surface area contributed by atoms with Crippen molar-refractivity contribution in [3.63, 3.8) is 0 Å². The SMILES string of the molecule is CCCCCCC(=O)c1cc(C)c(F)cc1Cl. The van der Waals surface area contributed by atoms with Gasteiger partial charge in [0, 0.05) is 12.0 Å². The molecule has 0 aliphatic rings. The maximum atomic E-state index is 13.2. The van der Waals surface area contributed by atoms with Crippen LogP contribution in [0.2, 0.25) is 5.02 Å². The molecule has 0 aliphatic carbocycles. The highest BCUT2D eigenvalue weighted by atomic mass is 35.5. The van der Waals surface area contributed by atoms with Crippen molar-refractivity contribution in [2.45, 2.75) is 46.0 Å². The highest BCUT2D eigenvalue weighted by Crippen LogP contribution is 2.22. The lowest BCUT2D eigenvalue weighted by Gasteiger charge is -2.06. The first-order valence-corrected chi connectivity index (χ1v) is 6.43. The summed E-state index contributed by atoms with van der Waals surface area (Å²) in [6.07, 6.45) is 4.71. The fraction of sp³-hybridized carbons (Fsp3) is 0.500. The summed E-state index contributed by atoms with van der Waals surface area (Å²) in [5.41, 5.74) is 0.911. The largest absolute Gasteiger partial charge is 0.294 e. The molecule has 0 fully saturated rings. The zero-order chi connectivity index (χ0) is 12.8. The summed E-state index contributed by atoms with van der Waals surface area (Å²) < 4.78 is 13.2. The minimum absolute atomic E-state index is 0.00852. The molecule has 0 spiro atoms. The Balaban J connectivity index is 2.66. The van der Waals surface area contributed by atoms with Gasteiger partial charge in [0.1, 0.15) is 5.82 Å². The summed E-state index contributed by atoms with van der Waals surface area (Å²) in [5, 5.41) is 0.216. The van der Waals surface area contributed by atoms with E-state index in [0.29, 0.717) is 17.5 Å². The lowest BCUT2D eigenvalue weighted by Crippen LogP contribution is -2.01. The van der Waals surface area contributed by atoms with E-state index < -0.39 is 0 Å². The molecular formula is C14H18ClFO. The molecule has 1 aromatic carbocycles. The highest BCUT2D eigenvalue weighted by Gasteiger charge is 2.12. The number of hydrogen-bond donors (Lipinski definition) is 0. The van der Waals surface area contributed by atoms with E-state index in [0.717, 1.165) is 25.7 Å². The third-order valence-corrected chi connectivity index (χ3v) is 3.12. The second-order valence-corrected chi connectivity index (χ2v) is 4.72. The molecule has 1 aromatic rings. The Hall–Kier alpha value is -0.890. The summed E-state index contributed by atoms with van der Waals surface area (Å²) in [6.45, 7) is 3.77. The van der Waals surface area contributed by atoms with E-state index in [2.05, 4.69) is 6.92 Å². The second kappa shape index (κ2) is 6.75. The molecule has 0 aliphatic heterocycles. The summed E-state index contributed by atoms with van der Waals surface area (Å²) in [6, 6.07) is 2.76. The van der Waals surface area contributed by atoms with Gasteiger partial charge in [-0.15, -0.1) is 0 Å². The first kappa shape index (κ1) is 14.2. The van der Waals surface area contributed by atoms with E-state index in [1.165, 1.54) is 6.07 Å². The van der Waals surface area contributed by atoms with Crippen molar-refractivity contribution in [2.24, 2.45) is 0 Å². The molecule has 0 bridgehead atoms. The topological polar surface area (TPSA) is 17.1 Å². The first-order chi connectivity index (χ1) is 8.06. The molecule has 3 heteroatoms. The number of ketones is 1. The van der Waals surface area contributed by atoms with E-state index in [-0.39, 0.29) is 16.6 Å². The average molecular weight is 257 g/mol. The van der Waals surface area contributed by atoms with E-state index in [4.69, 9.17) is 11.6 Å². The van der Waals surface area contributed by atoms with Crippen LogP contribution in [-0.4, -0.2) is 5.78 Å². The summed E-state index contributed by atoms with van der Waals surface area (Å²) >= 11 is 5.88. The fourth-order valence-electron chi connectivity index (χ4n) is 1.72. The minimum atomic E-state index is -0.363. The van der Waals surface area contributed by atoms with Crippen LogP contribution in [-0.2, 0) is 0 Å². The van der Waals surface area contributed by atoms with Gasteiger partial charge in [0.25, 0.3) is 0 Å². The van der Waals surface area contributed by atoms with Crippen LogP contribution in [0.1, 0.15) is 54.9 Å². The molecule has 0 heterocycles. The quantitative estimate of drug-likeness (QED) is 0.520. The molecule has 0 N–H and O–H groups in total. The zero-order valence-corrected chi connectivity index (χ0v) is 11.1. The highest BCUT2D eigenvalue weighted by molar-refractivity contribution is 6.34. The smallest absolute Gasteiger partial charge is 0.164 e. The minimum Gasteiger partial charge on any atom is -0.294 e. The number of benzene rings is 1. The molecule has 94 valence electrons. The van der Waals surface area contributed by atoms with Gasteiger partial charge >= 0.3 is 0 Å². The summed E-state index contributed by atoms with van der Waals surface area (Å²) in [4.78, 5) is 11.9. The van der Waals surface area contributed by atoms with Gasteiger partial charge in [0.05, 0.1) is 5.02 Å². The molecule has 0 amide bonds. The Bertz CT molecular complexity index is 401. The van der Waals surface area contributed by atoms with Crippen molar-refractivity contribution in [1.82, 2.24) is 0 Å². The maximum absolute atomic E-state index is 13.2. The number of carbonyl (C=O) groups is 1. The number of carbonyl (C=O) groups excluding carboxylic acids is 1. The van der Waals surface area contributed by atoms with Crippen molar-refractivity contribution in [3.8, 4) is 0 Å². The van der Waals surface area contributed by atoms with Crippen LogP contribution in [0, 0.1) is 12.7 Å². The van der Waals surface area contributed by atoms with Crippen molar-refractivity contribution in [1.29, 1.82) is 0 Å². The lowest BCUT2D eigenvalue weighted by atomic mass is 10.0. The predicted molar refractivity (Wildman–Crippen MR) is 69.2 cm³/mol. The third-order valence-electron chi connectivity index (χ3n) is 2.81. The number of unbranched alkanes of at least 4 members (excludes halogenated alkanes) is 3. The van der Waals surface area contributed by atoms with Gasteiger partial charge in [-0.05, 0) is 31.0 Å². The molecular weight excluding hydrogens is 239 g/mol. The molecule has 0 aromatic heterocycles. The molecule has 0 saturated heterocycles. The Morgan fingerprint density at radius 3 is 2.65 bits per heavy atom. The normalized spacial score (nSPS) is 10.6. The summed E-state index contributed by atoms with van der Waals surface area (Å²) in [7, 11) is 0. The molecule has 1 rings (SSSR count). The van der Waals surface area contributed by atoms with Crippen LogP contribution in [0.4, 0.5) is 4.39 Å². The Labute approximate surface area is 107 Å². The predicted octanol–water partition coefficient (Wildman–Crippen LogP) is 4.94. The van der Waals surface area contributed by atoms with Crippen LogP contribution in [0.3, 0.4) is 0 Å². The second-order valence-electron chi connectivity index (χ2n) is 4.32. The molecule has 0 atom stereocenters. The van der Waals surface area contributed by atoms with Gasteiger partial charge in [-0.3, -0.25) is 4.79 Å². The molecule has 0 saturated carbocycles. The monoisotopic (exact) mass is 256 g/mol. The lowest BCUT2D eigenvalue weighted by molar-refractivity contribution is 0.0979. The van der Waals surface area contributed by atoms with Gasteiger partial charge in [0.15, 0.2) is 5.78 Å². The fourth-order valence-corrected chi connectivity index (χ4v) is 1.97. The van der Waals surface area contributed by atoms with Crippen LogP contribution in [0.25, 0.3) is 0 Å². The van der Waals surface area contributed by atoms with Gasteiger partial charge in [0.2, 0.25) is 0 Å². The van der Waals surface area contributed by atoms with Crippen LogP contribution >= 0.6 is 11.6 Å². The van der Waals surface area contributed by atoms with Crippen molar-refractivity contribution >= 4 is 17.4 Å². The Kier molecular flexibility index (Phi) is 5.63. The molecule has 0 unspecified atom stereocenters. The Morgan fingerprint density at radius 1 is 1.29 bits per heavy atom. The number of hydrogen-bond acceptors (Lipinski definition) is 1. The van der Waals surface area contributed by atoms with E-state index in [1.54, 1.807) is 13.0 Å². The van der Waals surface area contributed by atoms with Crippen molar-refractivity contribution in [2.75, 3.05) is 0 Å². The van der Waals surface area contributed by atoms with Crippen molar-refractivity contribution < 1.29 is 9.18 Å². The van der Waals surface area contributed by atoms with Gasteiger partial charge in [-0.2, -0.15) is 0 Å². The van der Waals surface area contributed by atoms with Crippen LogP contribution in [0.5, 0.6) is 0 Å². The van der Waals surface area contributed by atoms with Crippen molar-refractivity contribution in [3.05, 3.63) is 34.1 Å². The van der Waals surface area contributed by atoms with E-state index >= 15 is 0 Å². The first-order valence-electron chi connectivity index (χ1n) is 6.05.